The number of nitrogens with zero attached hydrogens (tertiary/aromatic N) is 1. The molecule has 2 amide bonds. The maximum atomic E-state index is 14.0. The van der Waals surface area contributed by atoms with E-state index in [0.717, 1.165) is 0 Å². The molecule has 0 spiro atoms. The third-order valence-corrected chi connectivity index (χ3v) is 4.01. The lowest BCUT2D eigenvalue weighted by Gasteiger charge is -2.28. The van der Waals surface area contributed by atoms with Gasteiger partial charge in [0, 0.05) is 19.2 Å². The summed E-state index contributed by atoms with van der Waals surface area (Å²) >= 11 is 0. The molecule has 1 unspecified atom stereocenters. The molecule has 25 heavy (non-hydrogen) atoms. The molecule has 6 heteroatoms. The van der Waals surface area contributed by atoms with E-state index in [1.165, 1.54) is 36.2 Å². The van der Waals surface area contributed by atoms with Gasteiger partial charge in [-0.3, -0.25) is 9.59 Å². The summed E-state index contributed by atoms with van der Waals surface area (Å²) in [5.41, 5.74) is 0.523. The van der Waals surface area contributed by atoms with Crippen LogP contribution < -0.4 is 5.32 Å². The third kappa shape index (κ3) is 4.62. The Morgan fingerprint density at radius 1 is 1.00 bits per heavy atom. The Bertz CT molecular complexity index is 765. The first-order chi connectivity index (χ1) is 11.9. The second kappa shape index (κ2) is 8.37. The van der Waals surface area contributed by atoms with Crippen molar-refractivity contribution in [2.45, 2.75) is 25.9 Å². The number of carbonyl (C=O) groups excluding carboxylic acids is 2. The van der Waals surface area contributed by atoms with Gasteiger partial charge in [-0.1, -0.05) is 36.4 Å². The van der Waals surface area contributed by atoms with Crippen molar-refractivity contribution in [1.29, 1.82) is 0 Å². The van der Waals surface area contributed by atoms with E-state index >= 15 is 0 Å². The second-order valence-electron chi connectivity index (χ2n) is 5.67. The molecule has 0 heterocycles. The number of carbonyl (C=O) groups is 2. The number of halogens is 2. The number of rotatable bonds is 6. The fourth-order valence-corrected chi connectivity index (χ4v) is 2.51. The molecule has 0 aliphatic heterocycles. The molecule has 4 nitrogen and oxygen atoms in total. The molecule has 0 aromatic heterocycles. The minimum absolute atomic E-state index is 0.0749. The first kappa shape index (κ1) is 18.6. The molecule has 0 radical (unpaired) electrons. The summed E-state index contributed by atoms with van der Waals surface area (Å²) in [6.07, 6.45) is -0.206. The molecule has 0 fully saturated rings. The number of amides is 2. The Kier molecular flexibility index (Phi) is 6.22. The van der Waals surface area contributed by atoms with Gasteiger partial charge in [0.05, 0.1) is 6.42 Å². The summed E-state index contributed by atoms with van der Waals surface area (Å²) < 4.78 is 27.8. The van der Waals surface area contributed by atoms with Gasteiger partial charge in [-0.05, 0) is 24.6 Å². The van der Waals surface area contributed by atoms with E-state index in [2.05, 4.69) is 5.32 Å². The Morgan fingerprint density at radius 2 is 1.52 bits per heavy atom. The molecule has 2 aromatic carbocycles. The van der Waals surface area contributed by atoms with Crippen LogP contribution >= 0.6 is 0 Å². The van der Waals surface area contributed by atoms with E-state index in [4.69, 9.17) is 0 Å². The van der Waals surface area contributed by atoms with Gasteiger partial charge >= 0.3 is 0 Å². The van der Waals surface area contributed by atoms with Crippen LogP contribution in [0, 0.1) is 11.6 Å². The molecule has 2 rings (SSSR count). The second-order valence-corrected chi connectivity index (χ2v) is 5.67. The number of likely N-dealkylation sites (N-methyl/N-ethyl adjacent to an activating group) is 1. The Labute approximate surface area is 145 Å². The minimum Gasteiger partial charge on any atom is -0.357 e. The molecular formula is C19H20F2N2O2. The third-order valence-electron chi connectivity index (χ3n) is 4.01. The van der Waals surface area contributed by atoms with Crippen LogP contribution in [0.2, 0.25) is 0 Å². The number of hydrogen-bond acceptors (Lipinski definition) is 2. The van der Waals surface area contributed by atoms with Crippen LogP contribution in [0.1, 0.15) is 18.1 Å². The van der Waals surface area contributed by atoms with Crippen LogP contribution in [-0.4, -0.2) is 29.8 Å². The van der Waals surface area contributed by atoms with Gasteiger partial charge in [0.15, 0.2) is 0 Å². The molecule has 1 atom stereocenters. The smallest absolute Gasteiger partial charge is 0.242 e. The summed E-state index contributed by atoms with van der Waals surface area (Å²) in [4.78, 5) is 25.9. The number of benzene rings is 2. The van der Waals surface area contributed by atoms with Crippen LogP contribution in [0.25, 0.3) is 0 Å². The highest BCUT2D eigenvalue weighted by molar-refractivity contribution is 5.88. The zero-order valence-corrected chi connectivity index (χ0v) is 14.1. The van der Waals surface area contributed by atoms with Gasteiger partial charge in [-0.25, -0.2) is 8.78 Å². The van der Waals surface area contributed by atoms with E-state index in [-0.39, 0.29) is 24.4 Å². The van der Waals surface area contributed by atoms with E-state index in [1.807, 2.05) is 0 Å². The van der Waals surface area contributed by atoms with Crippen molar-refractivity contribution in [2.75, 3.05) is 7.05 Å². The summed E-state index contributed by atoms with van der Waals surface area (Å²) in [7, 11) is 1.46. The summed E-state index contributed by atoms with van der Waals surface area (Å²) in [5, 5.41) is 2.48. The maximum Gasteiger partial charge on any atom is 0.242 e. The summed E-state index contributed by atoms with van der Waals surface area (Å²) in [6, 6.07) is 11.2. The summed E-state index contributed by atoms with van der Waals surface area (Å²) in [5.74, 6) is -1.78. The number of nitrogens with one attached hydrogen (secondary N) is 1. The topological polar surface area (TPSA) is 49.4 Å². The Morgan fingerprint density at radius 3 is 2.04 bits per heavy atom. The molecular weight excluding hydrogens is 326 g/mol. The van der Waals surface area contributed by atoms with Gasteiger partial charge in [0.25, 0.3) is 0 Å². The van der Waals surface area contributed by atoms with Gasteiger partial charge in [0.1, 0.15) is 17.7 Å². The van der Waals surface area contributed by atoms with Crippen molar-refractivity contribution in [1.82, 2.24) is 10.2 Å². The van der Waals surface area contributed by atoms with E-state index < -0.39 is 23.6 Å². The maximum absolute atomic E-state index is 14.0. The first-order valence-corrected chi connectivity index (χ1v) is 7.92. The SMILES string of the molecule is CNC(=O)C(C)N(Cc1ccccc1F)C(=O)Cc1ccccc1F. The standard InChI is InChI=1S/C19H20F2N2O2/c1-13(19(25)22-2)23(12-15-8-4-6-10-17(15)21)18(24)11-14-7-3-5-9-16(14)20/h3-10,13H,11-12H2,1-2H3,(H,22,25). The molecule has 0 aliphatic carbocycles. The van der Waals surface area contributed by atoms with Gasteiger partial charge in [-0.15, -0.1) is 0 Å². The molecule has 132 valence electrons. The fourth-order valence-electron chi connectivity index (χ4n) is 2.51. The highest BCUT2D eigenvalue weighted by atomic mass is 19.1. The lowest BCUT2D eigenvalue weighted by Crippen LogP contribution is -2.47. The molecule has 1 N–H and O–H groups in total. The predicted octanol–water partition coefficient (Wildman–Crippen LogP) is 2.67. The van der Waals surface area contributed by atoms with Gasteiger partial charge < -0.3 is 10.2 Å². The largest absolute Gasteiger partial charge is 0.357 e. The van der Waals surface area contributed by atoms with Crippen molar-refractivity contribution in [2.24, 2.45) is 0 Å². The van der Waals surface area contributed by atoms with Crippen LogP contribution in [0.5, 0.6) is 0 Å². The molecule has 0 aliphatic rings. The van der Waals surface area contributed by atoms with Crippen LogP contribution in [0.3, 0.4) is 0 Å². The molecule has 0 saturated carbocycles. The zero-order valence-electron chi connectivity index (χ0n) is 14.1. The van der Waals surface area contributed by atoms with Crippen LogP contribution in [0.15, 0.2) is 48.5 Å². The quantitative estimate of drug-likeness (QED) is 0.874. The zero-order chi connectivity index (χ0) is 18.4. The Balaban J connectivity index is 2.27. The average Bonchev–Trinajstić information content (AvgIpc) is 2.61. The van der Waals surface area contributed by atoms with Crippen molar-refractivity contribution in [3.63, 3.8) is 0 Å². The van der Waals surface area contributed by atoms with Gasteiger partial charge in [0.2, 0.25) is 11.8 Å². The van der Waals surface area contributed by atoms with Crippen molar-refractivity contribution < 1.29 is 18.4 Å². The Hall–Kier alpha value is -2.76. The lowest BCUT2D eigenvalue weighted by atomic mass is 10.1. The lowest BCUT2D eigenvalue weighted by molar-refractivity contribution is -0.140. The number of hydrogen-bond donors (Lipinski definition) is 1. The van der Waals surface area contributed by atoms with Crippen molar-refractivity contribution in [3.8, 4) is 0 Å². The minimum atomic E-state index is -0.816. The normalized spacial score (nSPS) is 11.7. The molecule has 0 bridgehead atoms. The van der Waals surface area contributed by atoms with Gasteiger partial charge in [-0.2, -0.15) is 0 Å². The fraction of sp³-hybridized carbons (Fsp3) is 0.263. The summed E-state index contributed by atoms with van der Waals surface area (Å²) in [6.45, 7) is 1.48. The predicted molar refractivity (Wildman–Crippen MR) is 90.6 cm³/mol. The first-order valence-electron chi connectivity index (χ1n) is 7.92. The average molecular weight is 346 g/mol. The van der Waals surface area contributed by atoms with E-state index in [9.17, 15) is 18.4 Å². The molecule has 0 saturated heterocycles. The van der Waals surface area contributed by atoms with Crippen LogP contribution in [-0.2, 0) is 22.6 Å². The van der Waals surface area contributed by atoms with E-state index in [1.54, 1.807) is 31.2 Å². The highest BCUT2D eigenvalue weighted by Crippen LogP contribution is 2.16. The highest BCUT2D eigenvalue weighted by Gasteiger charge is 2.26. The van der Waals surface area contributed by atoms with Crippen molar-refractivity contribution >= 4 is 11.8 Å². The van der Waals surface area contributed by atoms with E-state index in [0.29, 0.717) is 5.56 Å². The molecule has 2 aromatic rings. The van der Waals surface area contributed by atoms with Crippen molar-refractivity contribution in [3.05, 3.63) is 71.3 Å². The van der Waals surface area contributed by atoms with Crippen LogP contribution in [0.4, 0.5) is 8.78 Å². The monoisotopic (exact) mass is 346 g/mol.